The van der Waals surface area contributed by atoms with Gasteiger partial charge in [-0.25, -0.2) is 13.1 Å². The zero-order valence-corrected chi connectivity index (χ0v) is 16.8. The van der Waals surface area contributed by atoms with E-state index in [2.05, 4.69) is 10.0 Å². The first-order valence-electron chi connectivity index (χ1n) is 8.08. The molecule has 0 radical (unpaired) electrons. The van der Waals surface area contributed by atoms with E-state index in [0.29, 0.717) is 24.1 Å². The predicted molar refractivity (Wildman–Crippen MR) is 101 cm³/mol. The Labute approximate surface area is 161 Å². The van der Waals surface area contributed by atoms with Crippen molar-refractivity contribution in [1.82, 2.24) is 10.0 Å². The Kier molecular flexibility index (Phi) is 9.48. The Morgan fingerprint density at radius 3 is 2.84 bits per heavy atom. The standard InChI is InChI=1S/C16H25ClN2O4S.ClH/c1-12(11-22-2)23-15-4-3-14(17)9-16(15)24(20,21)19-8-6-13-5-7-18-10-13;/h3-4,9,12-13,18-19H,5-8,10-11H2,1-2H3;1H. The normalized spacial score (nSPS) is 18.6. The van der Waals surface area contributed by atoms with Gasteiger partial charge in [-0.15, -0.1) is 12.4 Å². The van der Waals surface area contributed by atoms with Gasteiger partial charge >= 0.3 is 0 Å². The Bertz CT molecular complexity index is 637. The number of hydrogen-bond acceptors (Lipinski definition) is 5. The molecule has 2 rings (SSSR count). The average Bonchev–Trinajstić information content (AvgIpc) is 3.02. The Morgan fingerprint density at radius 2 is 2.20 bits per heavy atom. The fraction of sp³-hybridized carbons (Fsp3) is 0.625. The molecule has 1 aromatic rings. The van der Waals surface area contributed by atoms with E-state index in [9.17, 15) is 8.42 Å². The Hall–Kier alpha value is -0.570. The molecule has 1 aliphatic rings. The van der Waals surface area contributed by atoms with Crippen LogP contribution >= 0.6 is 24.0 Å². The summed E-state index contributed by atoms with van der Waals surface area (Å²) in [5.41, 5.74) is 0. The van der Waals surface area contributed by atoms with Crippen LogP contribution < -0.4 is 14.8 Å². The van der Waals surface area contributed by atoms with Crippen molar-refractivity contribution in [2.45, 2.75) is 30.8 Å². The second-order valence-electron chi connectivity index (χ2n) is 6.02. The first-order valence-corrected chi connectivity index (χ1v) is 9.94. The summed E-state index contributed by atoms with van der Waals surface area (Å²) in [6.07, 6.45) is 1.62. The summed E-state index contributed by atoms with van der Waals surface area (Å²) in [6.45, 7) is 4.52. The maximum Gasteiger partial charge on any atom is 0.244 e. The molecule has 0 amide bonds. The number of sulfonamides is 1. The van der Waals surface area contributed by atoms with Crippen LogP contribution in [0.2, 0.25) is 5.02 Å². The summed E-state index contributed by atoms with van der Waals surface area (Å²) in [5.74, 6) is 0.795. The van der Waals surface area contributed by atoms with Crippen LogP contribution in [0.25, 0.3) is 0 Å². The van der Waals surface area contributed by atoms with Crippen LogP contribution in [0.4, 0.5) is 0 Å². The topological polar surface area (TPSA) is 76.7 Å². The van der Waals surface area contributed by atoms with E-state index in [0.717, 1.165) is 25.9 Å². The van der Waals surface area contributed by atoms with Gasteiger partial charge in [-0.2, -0.15) is 0 Å². The highest BCUT2D eigenvalue weighted by atomic mass is 35.5. The number of benzene rings is 1. The minimum atomic E-state index is -3.69. The molecule has 6 nitrogen and oxygen atoms in total. The lowest BCUT2D eigenvalue weighted by atomic mass is 10.1. The summed E-state index contributed by atoms with van der Waals surface area (Å²) in [4.78, 5) is 0.0579. The molecule has 1 fully saturated rings. The van der Waals surface area contributed by atoms with Crippen LogP contribution in [0.3, 0.4) is 0 Å². The number of nitrogens with one attached hydrogen (secondary N) is 2. The van der Waals surface area contributed by atoms with Crippen molar-refractivity contribution < 1.29 is 17.9 Å². The van der Waals surface area contributed by atoms with Gasteiger partial charge < -0.3 is 14.8 Å². The van der Waals surface area contributed by atoms with Crippen molar-refractivity contribution >= 4 is 34.0 Å². The summed E-state index contributed by atoms with van der Waals surface area (Å²) in [5, 5.41) is 3.62. The molecule has 1 aromatic carbocycles. The molecule has 2 unspecified atom stereocenters. The molecule has 0 spiro atoms. The highest BCUT2D eigenvalue weighted by Crippen LogP contribution is 2.28. The van der Waals surface area contributed by atoms with Gasteiger partial charge in [0.15, 0.2) is 0 Å². The lowest BCUT2D eigenvalue weighted by Crippen LogP contribution is -2.28. The van der Waals surface area contributed by atoms with E-state index >= 15 is 0 Å². The van der Waals surface area contributed by atoms with Gasteiger partial charge in [-0.1, -0.05) is 11.6 Å². The molecule has 1 saturated heterocycles. The molecule has 1 aliphatic heterocycles. The summed E-state index contributed by atoms with van der Waals surface area (Å²) < 4.78 is 38.6. The highest BCUT2D eigenvalue weighted by Gasteiger charge is 2.22. The smallest absolute Gasteiger partial charge is 0.244 e. The molecule has 0 bridgehead atoms. The number of ether oxygens (including phenoxy) is 2. The third kappa shape index (κ3) is 6.92. The van der Waals surface area contributed by atoms with E-state index in [1.54, 1.807) is 19.2 Å². The first-order chi connectivity index (χ1) is 11.4. The molecule has 1 heterocycles. The molecular weight excluding hydrogens is 387 g/mol. The average molecular weight is 413 g/mol. The number of hydrogen-bond donors (Lipinski definition) is 2. The molecule has 2 N–H and O–H groups in total. The lowest BCUT2D eigenvalue weighted by molar-refractivity contribution is 0.0901. The number of methoxy groups -OCH3 is 1. The van der Waals surface area contributed by atoms with Crippen LogP contribution in [0.5, 0.6) is 5.75 Å². The van der Waals surface area contributed by atoms with Crippen molar-refractivity contribution in [1.29, 1.82) is 0 Å². The monoisotopic (exact) mass is 412 g/mol. The lowest BCUT2D eigenvalue weighted by Gasteiger charge is -2.18. The summed E-state index contributed by atoms with van der Waals surface area (Å²) >= 11 is 5.98. The fourth-order valence-electron chi connectivity index (χ4n) is 2.71. The van der Waals surface area contributed by atoms with Gasteiger partial charge in [0.05, 0.1) is 6.61 Å². The molecule has 25 heavy (non-hydrogen) atoms. The molecule has 0 aromatic heterocycles. The van der Waals surface area contributed by atoms with Gasteiger partial charge in [0.25, 0.3) is 0 Å². The SMILES string of the molecule is COCC(C)Oc1ccc(Cl)cc1S(=O)(=O)NCCC1CCNC1.Cl. The van der Waals surface area contributed by atoms with Crippen molar-refractivity contribution in [3.63, 3.8) is 0 Å². The number of halogens is 2. The van der Waals surface area contributed by atoms with E-state index < -0.39 is 10.0 Å². The van der Waals surface area contributed by atoms with Gasteiger partial charge in [0, 0.05) is 18.7 Å². The van der Waals surface area contributed by atoms with Gasteiger partial charge in [0.1, 0.15) is 16.7 Å². The largest absolute Gasteiger partial charge is 0.487 e. The van der Waals surface area contributed by atoms with Crippen molar-refractivity contribution in [3.8, 4) is 5.75 Å². The third-order valence-corrected chi connectivity index (χ3v) is 5.65. The molecule has 2 atom stereocenters. The van der Waals surface area contributed by atoms with Gasteiger partial charge in [0.2, 0.25) is 10.0 Å². The second kappa shape index (κ2) is 10.5. The maximum atomic E-state index is 12.6. The van der Waals surface area contributed by atoms with E-state index in [1.165, 1.54) is 6.07 Å². The Morgan fingerprint density at radius 1 is 1.44 bits per heavy atom. The van der Waals surface area contributed by atoms with Crippen molar-refractivity contribution in [3.05, 3.63) is 23.2 Å². The molecule has 9 heteroatoms. The number of rotatable bonds is 9. The molecule has 0 saturated carbocycles. The predicted octanol–water partition coefficient (Wildman–Crippen LogP) is 2.45. The molecular formula is C16H26Cl2N2O4S. The van der Waals surface area contributed by atoms with Crippen LogP contribution in [-0.2, 0) is 14.8 Å². The first kappa shape index (κ1) is 22.5. The van der Waals surface area contributed by atoms with Crippen LogP contribution in [0.15, 0.2) is 23.1 Å². The fourth-order valence-corrected chi connectivity index (χ4v) is 4.15. The third-order valence-electron chi connectivity index (χ3n) is 3.93. The van der Waals surface area contributed by atoms with E-state index in [4.69, 9.17) is 21.1 Å². The summed E-state index contributed by atoms with van der Waals surface area (Å²) in [7, 11) is -2.12. The zero-order chi connectivity index (χ0) is 17.6. The van der Waals surface area contributed by atoms with Gasteiger partial charge in [-0.3, -0.25) is 0 Å². The van der Waals surface area contributed by atoms with E-state index in [-0.39, 0.29) is 29.2 Å². The molecule has 0 aliphatic carbocycles. The maximum absolute atomic E-state index is 12.6. The molecule has 144 valence electrons. The minimum absolute atomic E-state index is 0. The minimum Gasteiger partial charge on any atom is -0.487 e. The Balaban J connectivity index is 0.00000312. The quantitative estimate of drug-likeness (QED) is 0.651. The summed E-state index contributed by atoms with van der Waals surface area (Å²) in [6, 6.07) is 4.60. The second-order valence-corrected chi connectivity index (χ2v) is 8.19. The highest BCUT2D eigenvalue weighted by molar-refractivity contribution is 7.89. The van der Waals surface area contributed by atoms with E-state index in [1.807, 2.05) is 6.92 Å². The van der Waals surface area contributed by atoms with Crippen LogP contribution in [0.1, 0.15) is 19.8 Å². The van der Waals surface area contributed by atoms with Crippen molar-refractivity contribution in [2.24, 2.45) is 5.92 Å². The van der Waals surface area contributed by atoms with Gasteiger partial charge in [-0.05, 0) is 57.0 Å². The van der Waals surface area contributed by atoms with Crippen LogP contribution in [0, 0.1) is 5.92 Å². The van der Waals surface area contributed by atoms with Crippen LogP contribution in [-0.4, -0.2) is 47.9 Å². The zero-order valence-electron chi connectivity index (χ0n) is 14.5. The van der Waals surface area contributed by atoms with Crippen molar-refractivity contribution in [2.75, 3.05) is 33.4 Å².